The van der Waals surface area contributed by atoms with E-state index >= 15 is 0 Å². The van der Waals surface area contributed by atoms with Crippen LogP contribution in [-0.4, -0.2) is 47.3 Å². The van der Waals surface area contributed by atoms with Gasteiger partial charge in [0, 0.05) is 31.5 Å². The molecule has 0 amide bonds. The van der Waals surface area contributed by atoms with Crippen LogP contribution >= 0.6 is 0 Å². The van der Waals surface area contributed by atoms with Crippen LogP contribution in [0.1, 0.15) is 44.4 Å². The molecule has 1 unspecified atom stereocenters. The molecule has 0 N–H and O–H groups in total. The minimum Gasteiger partial charge on any atom is -0.356 e. The van der Waals surface area contributed by atoms with E-state index in [1.54, 1.807) is 6.92 Å². The number of alkyl halides is 4. The number of piperidine rings is 1. The SMILES string of the molecule is CC(=O)CC1[C@H]2CN(c3nc(N4CC(F)(F)[C@@H]4C)nc4c3CCCC4(F)F)C[C@@H]12. The highest BCUT2D eigenvalue weighted by molar-refractivity contribution is 5.76. The maximum absolute atomic E-state index is 14.7. The van der Waals surface area contributed by atoms with Crippen LogP contribution < -0.4 is 9.80 Å². The van der Waals surface area contributed by atoms with Gasteiger partial charge in [0.1, 0.15) is 17.3 Å². The van der Waals surface area contributed by atoms with Gasteiger partial charge in [0.15, 0.2) is 0 Å². The molecule has 158 valence electrons. The first kappa shape index (κ1) is 19.1. The lowest BCUT2D eigenvalue weighted by molar-refractivity contribution is -0.117. The number of carbonyl (C=O) groups excluding carboxylic acids is 1. The molecule has 0 radical (unpaired) electrons. The Morgan fingerprint density at radius 3 is 2.45 bits per heavy atom. The van der Waals surface area contributed by atoms with E-state index in [2.05, 4.69) is 9.97 Å². The lowest BCUT2D eigenvalue weighted by Gasteiger charge is -2.46. The molecule has 4 atom stereocenters. The van der Waals surface area contributed by atoms with Gasteiger partial charge in [-0.15, -0.1) is 0 Å². The van der Waals surface area contributed by atoms with Crippen molar-refractivity contribution in [2.75, 3.05) is 29.4 Å². The Labute approximate surface area is 166 Å². The fraction of sp³-hybridized carbons (Fsp3) is 0.750. The number of aromatic nitrogens is 2. The van der Waals surface area contributed by atoms with Gasteiger partial charge in [0.05, 0.1) is 12.6 Å². The van der Waals surface area contributed by atoms with Crippen LogP contribution in [0, 0.1) is 17.8 Å². The van der Waals surface area contributed by atoms with Gasteiger partial charge in [-0.05, 0) is 44.4 Å². The monoisotopic (exact) mass is 412 g/mol. The molecule has 2 saturated heterocycles. The van der Waals surface area contributed by atoms with Gasteiger partial charge in [0.25, 0.3) is 11.8 Å². The summed E-state index contributed by atoms with van der Waals surface area (Å²) >= 11 is 0. The van der Waals surface area contributed by atoms with E-state index in [4.69, 9.17) is 0 Å². The second-order valence-corrected chi connectivity index (χ2v) is 9.10. The number of carbonyl (C=O) groups is 1. The minimum atomic E-state index is -3.07. The summed E-state index contributed by atoms with van der Waals surface area (Å²) in [7, 11) is 0. The molecule has 3 heterocycles. The van der Waals surface area contributed by atoms with Crippen molar-refractivity contribution in [2.45, 2.75) is 57.4 Å². The normalized spacial score (nSPS) is 33.7. The van der Waals surface area contributed by atoms with E-state index in [1.807, 2.05) is 4.90 Å². The van der Waals surface area contributed by atoms with Gasteiger partial charge in [-0.3, -0.25) is 0 Å². The zero-order chi connectivity index (χ0) is 20.7. The third-order valence-electron chi connectivity index (χ3n) is 7.15. The fourth-order valence-electron chi connectivity index (χ4n) is 5.30. The van der Waals surface area contributed by atoms with E-state index in [-0.39, 0.29) is 23.8 Å². The predicted molar refractivity (Wildman–Crippen MR) is 98.6 cm³/mol. The highest BCUT2D eigenvalue weighted by atomic mass is 19.3. The molecule has 5 nitrogen and oxygen atoms in total. The summed E-state index contributed by atoms with van der Waals surface area (Å²) in [4.78, 5) is 23.3. The number of nitrogens with zero attached hydrogens (tertiary/aromatic N) is 4. The van der Waals surface area contributed by atoms with Crippen molar-refractivity contribution in [3.8, 4) is 0 Å². The highest BCUT2D eigenvalue weighted by Gasteiger charge is 2.57. The number of Topliss-reactive ketones (excluding diaryl/α,β-unsaturated/α-hetero) is 1. The summed E-state index contributed by atoms with van der Waals surface area (Å²) < 4.78 is 56.7. The lowest BCUT2D eigenvalue weighted by Crippen LogP contribution is -2.64. The molecule has 2 aliphatic carbocycles. The average molecular weight is 412 g/mol. The van der Waals surface area contributed by atoms with Crippen LogP contribution in [0.4, 0.5) is 29.3 Å². The van der Waals surface area contributed by atoms with Gasteiger partial charge >= 0.3 is 0 Å². The predicted octanol–water partition coefficient (Wildman–Crippen LogP) is 3.41. The fourth-order valence-corrected chi connectivity index (χ4v) is 5.30. The Kier molecular flexibility index (Phi) is 3.97. The van der Waals surface area contributed by atoms with Crippen LogP contribution in [0.2, 0.25) is 0 Å². The maximum Gasteiger partial charge on any atom is 0.290 e. The quantitative estimate of drug-likeness (QED) is 0.710. The van der Waals surface area contributed by atoms with Crippen LogP contribution in [0.5, 0.6) is 0 Å². The van der Waals surface area contributed by atoms with E-state index in [1.165, 1.54) is 11.8 Å². The van der Waals surface area contributed by atoms with Crippen LogP contribution in [0.25, 0.3) is 0 Å². The number of rotatable bonds is 4. The van der Waals surface area contributed by atoms with E-state index in [0.29, 0.717) is 61.5 Å². The first-order chi connectivity index (χ1) is 13.6. The molecule has 29 heavy (non-hydrogen) atoms. The number of hydrogen-bond acceptors (Lipinski definition) is 5. The highest BCUT2D eigenvalue weighted by Crippen LogP contribution is 2.55. The van der Waals surface area contributed by atoms with E-state index in [9.17, 15) is 22.4 Å². The molecule has 1 aromatic heterocycles. The standard InChI is InChI=1S/C20H24F4N4O/c1-10(29)6-13-14-7-27(8-15(13)14)17-12-4-3-5-19(21,22)16(12)25-18(26-17)28-9-20(23,24)11(28)2/h11,13-15H,3-9H2,1-2H3/t11-,13?,14-,15+/m0/s1. The minimum absolute atomic E-state index is 0.0281. The Morgan fingerprint density at radius 2 is 1.86 bits per heavy atom. The van der Waals surface area contributed by atoms with Crippen molar-refractivity contribution >= 4 is 17.5 Å². The molecular formula is C20H24F4N4O. The molecule has 1 aromatic rings. The molecule has 3 fully saturated rings. The van der Waals surface area contributed by atoms with Crippen molar-refractivity contribution in [3.63, 3.8) is 0 Å². The number of fused-ring (bicyclic) bond motifs is 2. The lowest BCUT2D eigenvalue weighted by atomic mass is 9.92. The largest absolute Gasteiger partial charge is 0.356 e. The van der Waals surface area contributed by atoms with Crippen molar-refractivity contribution in [1.29, 1.82) is 0 Å². The number of ketones is 1. The summed E-state index contributed by atoms with van der Waals surface area (Å²) in [6, 6.07) is -1.11. The van der Waals surface area contributed by atoms with Crippen LogP contribution in [0.3, 0.4) is 0 Å². The van der Waals surface area contributed by atoms with Gasteiger partial charge in [-0.1, -0.05) is 0 Å². The molecule has 9 heteroatoms. The van der Waals surface area contributed by atoms with Crippen molar-refractivity contribution in [2.24, 2.45) is 17.8 Å². The molecule has 0 bridgehead atoms. The third kappa shape index (κ3) is 2.91. The molecule has 1 saturated carbocycles. The summed E-state index contributed by atoms with van der Waals surface area (Å²) in [5.41, 5.74) is 0.154. The molecule has 0 spiro atoms. The molecule has 0 aromatic carbocycles. The first-order valence-corrected chi connectivity index (χ1v) is 10.3. The van der Waals surface area contributed by atoms with Crippen LogP contribution in [0.15, 0.2) is 0 Å². The molecule has 4 aliphatic rings. The smallest absolute Gasteiger partial charge is 0.290 e. The van der Waals surface area contributed by atoms with Crippen molar-refractivity contribution in [1.82, 2.24) is 9.97 Å². The molecule has 2 aliphatic heterocycles. The number of halogens is 4. The second-order valence-electron chi connectivity index (χ2n) is 9.10. The second kappa shape index (κ2) is 6.04. The maximum atomic E-state index is 14.7. The van der Waals surface area contributed by atoms with Gasteiger partial charge in [-0.2, -0.15) is 13.8 Å². The Morgan fingerprint density at radius 1 is 1.17 bits per heavy atom. The summed E-state index contributed by atoms with van der Waals surface area (Å²) in [5, 5.41) is 0. The number of anilines is 2. The first-order valence-electron chi connectivity index (χ1n) is 10.3. The Balaban J connectivity index is 1.47. The van der Waals surface area contributed by atoms with Gasteiger partial charge in [-0.25, -0.2) is 13.8 Å². The van der Waals surface area contributed by atoms with Crippen LogP contribution in [-0.2, 0) is 17.1 Å². The van der Waals surface area contributed by atoms with Gasteiger partial charge in [0.2, 0.25) is 5.95 Å². The Bertz CT molecular complexity index is 864. The molecular weight excluding hydrogens is 388 g/mol. The number of hydrogen-bond donors (Lipinski definition) is 0. The van der Waals surface area contributed by atoms with Crippen molar-refractivity contribution in [3.05, 3.63) is 11.3 Å². The van der Waals surface area contributed by atoms with Gasteiger partial charge < -0.3 is 14.6 Å². The van der Waals surface area contributed by atoms with E-state index < -0.39 is 24.4 Å². The van der Waals surface area contributed by atoms with Crippen molar-refractivity contribution < 1.29 is 22.4 Å². The summed E-state index contributed by atoms with van der Waals surface area (Å²) in [5.74, 6) is -4.19. The third-order valence-corrected chi connectivity index (χ3v) is 7.15. The summed E-state index contributed by atoms with van der Waals surface area (Å²) in [6.45, 7) is 3.74. The topological polar surface area (TPSA) is 49.3 Å². The average Bonchev–Trinajstić information content (AvgIpc) is 3.08. The van der Waals surface area contributed by atoms with E-state index in [0.717, 1.165) is 0 Å². The summed E-state index contributed by atoms with van der Waals surface area (Å²) in [6.07, 6.45) is 1.10. The molecule has 5 rings (SSSR count). The zero-order valence-electron chi connectivity index (χ0n) is 16.5. The zero-order valence-corrected chi connectivity index (χ0v) is 16.5. The Hall–Kier alpha value is -1.93.